The number of hydrogen-bond donors (Lipinski definition) is 2. The van der Waals surface area contributed by atoms with Gasteiger partial charge in [0.1, 0.15) is 18.4 Å². The van der Waals surface area contributed by atoms with Crippen LogP contribution < -0.4 is 15.5 Å². The first-order chi connectivity index (χ1) is 15.1. The summed E-state index contributed by atoms with van der Waals surface area (Å²) < 4.78 is 11.0. The smallest absolute Gasteiger partial charge is 0.408 e. The average Bonchev–Trinajstić information content (AvgIpc) is 2.79. The highest BCUT2D eigenvalue weighted by molar-refractivity contribution is 5.90. The molecule has 1 saturated heterocycles. The van der Waals surface area contributed by atoms with Gasteiger partial charge in [-0.05, 0) is 24.1 Å². The molecule has 2 atom stereocenters. The summed E-state index contributed by atoms with van der Waals surface area (Å²) in [5.41, 5.74) is 3.42. The second kappa shape index (κ2) is 11.0. The molecule has 2 aromatic rings. The fourth-order valence-corrected chi connectivity index (χ4v) is 3.05. The minimum Gasteiger partial charge on any atom is -0.468 e. The number of rotatable bonds is 10. The van der Waals surface area contributed by atoms with Gasteiger partial charge in [0, 0.05) is 0 Å². The maximum absolute atomic E-state index is 12.8. The van der Waals surface area contributed by atoms with Crippen molar-refractivity contribution in [3.63, 3.8) is 0 Å². The fourth-order valence-electron chi connectivity index (χ4n) is 3.05. The third kappa shape index (κ3) is 6.47. The van der Waals surface area contributed by atoms with E-state index in [9.17, 15) is 14.4 Å². The van der Waals surface area contributed by atoms with Crippen molar-refractivity contribution in [2.24, 2.45) is 0 Å². The molecular weight excluding hydrogens is 398 g/mol. The Hall–Kier alpha value is -3.55. The van der Waals surface area contributed by atoms with Crippen LogP contribution in [0.3, 0.4) is 0 Å². The summed E-state index contributed by atoms with van der Waals surface area (Å²) in [7, 11) is 0. The van der Waals surface area contributed by atoms with Gasteiger partial charge in [-0.1, -0.05) is 68.3 Å². The molecule has 0 aromatic heterocycles. The van der Waals surface area contributed by atoms with Crippen LogP contribution in [0.15, 0.2) is 60.7 Å². The molecule has 0 radical (unpaired) electrons. The van der Waals surface area contributed by atoms with E-state index in [1.165, 1.54) is 0 Å². The Morgan fingerprint density at radius 3 is 2.42 bits per heavy atom. The van der Waals surface area contributed by atoms with Crippen LogP contribution in [0.5, 0.6) is 5.75 Å². The molecule has 0 saturated carbocycles. The second-order valence-electron chi connectivity index (χ2n) is 7.23. The highest BCUT2D eigenvalue weighted by Gasteiger charge is 2.40. The molecule has 1 unspecified atom stereocenters. The van der Waals surface area contributed by atoms with Crippen molar-refractivity contribution in [2.75, 3.05) is 0 Å². The Morgan fingerprint density at radius 1 is 1.10 bits per heavy atom. The van der Waals surface area contributed by atoms with E-state index in [1.807, 2.05) is 55.5 Å². The van der Waals surface area contributed by atoms with Crippen molar-refractivity contribution in [2.45, 2.75) is 51.5 Å². The van der Waals surface area contributed by atoms with E-state index in [4.69, 9.17) is 9.47 Å². The number of amides is 3. The molecule has 1 aliphatic heterocycles. The van der Waals surface area contributed by atoms with Crippen molar-refractivity contribution in [1.82, 2.24) is 15.8 Å². The molecule has 1 aliphatic rings. The van der Waals surface area contributed by atoms with Gasteiger partial charge in [-0.2, -0.15) is 0 Å². The summed E-state index contributed by atoms with van der Waals surface area (Å²) in [4.78, 5) is 37.0. The van der Waals surface area contributed by atoms with Crippen molar-refractivity contribution >= 4 is 17.9 Å². The highest BCUT2D eigenvalue weighted by Crippen LogP contribution is 2.21. The number of nitrogens with zero attached hydrogens (tertiary/aromatic N) is 1. The first kappa shape index (κ1) is 22.1. The van der Waals surface area contributed by atoms with Crippen molar-refractivity contribution < 1.29 is 23.9 Å². The lowest BCUT2D eigenvalue weighted by atomic mass is 10.1. The SMILES string of the molecule is CCCC[C@H](NC(=O)OCc1ccccc1)C(=O)NN1C(=O)CC1Oc1ccccc1. The minimum atomic E-state index is -0.825. The van der Waals surface area contributed by atoms with Crippen LogP contribution in [0.1, 0.15) is 38.2 Å². The molecule has 0 bridgehead atoms. The fraction of sp³-hybridized carbons (Fsp3) is 0.348. The summed E-state index contributed by atoms with van der Waals surface area (Å²) in [6, 6.07) is 17.5. The maximum atomic E-state index is 12.8. The molecule has 2 N–H and O–H groups in total. The number of alkyl carbamates (subject to hydrolysis) is 1. The highest BCUT2D eigenvalue weighted by atomic mass is 16.5. The quantitative estimate of drug-likeness (QED) is 0.570. The zero-order valence-corrected chi connectivity index (χ0v) is 17.5. The van der Waals surface area contributed by atoms with E-state index < -0.39 is 24.3 Å². The maximum Gasteiger partial charge on any atom is 0.408 e. The number of carbonyl (C=O) groups is 3. The molecule has 164 valence electrons. The minimum absolute atomic E-state index is 0.104. The summed E-state index contributed by atoms with van der Waals surface area (Å²) >= 11 is 0. The summed E-state index contributed by atoms with van der Waals surface area (Å²) in [5.74, 6) is -0.139. The molecule has 0 aliphatic carbocycles. The standard InChI is InChI=1S/C23H27N3O5/c1-2-3-14-19(24-23(29)30-16-17-10-6-4-7-11-17)22(28)25-26-20(27)15-21(26)31-18-12-8-5-9-13-18/h4-13,19,21H,2-3,14-16H2,1H3,(H,24,29)(H,25,28)/t19-,21?/m0/s1. The van der Waals surface area contributed by atoms with Crippen LogP contribution in [0.2, 0.25) is 0 Å². The topological polar surface area (TPSA) is 97.0 Å². The van der Waals surface area contributed by atoms with Crippen LogP contribution in [-0.4, -0.2) is 35.2 Å². The molecule has 3 rings (SSSR count). The molecular formula is C23H27N3O5. The van der Waals surface area contributed by atoms with E-state index in [0.717, 1.165) is 23.4 Å². The molecule has 1 heterocycles. The lowest BCUT2D eigenvalue weighted by Gasteiger charge is -2.40. The number of nitrogens with one attached hydrogen (secondary N) is 2. The van der Waals surface area contributed by atoms with Crippen LogP contribution in [0.25, 0.3) is 0 Å². The van der Waals surface area contributed by atoms with Gasteiger partial charge >= 0.3 is 6.09 Å². The summed E-state index contributed by atoms with van der Waals surface area (Å²) in [6.45, 7) is 2.10. The van der Waals surface area contributed by atoms with Crippen molar-refractivity contribution in [3.8, 4) is 5.75 Å². The first-order valence-corrected chi connectivity index (χ1v) is 10.4. The van der Waals surface area contributed by atoms with Gasteiger partial charge < -0.3 is 14.8 Å². The monoisotopic (exact) mass is 425 g/mol. The molecule has 3 amide bonds. The number of carbonyl (C=O) groups excluding carboxylic acids is 3. The zero-order chi connectivity index (χ0) is 22.1. The molecule has 31 heavy (non-hydrogen) atoms. The number of hydrogen-bond acceptors (Lipinski definition) is 5. The van der Waals surface area contributed by atoms with E-state index in [2.05, 4.69) is 10.7 Å². The number of para-hydroxylation sites is 1. The molecule has 8 nitrogen and oxygen atoms in total. The first-order valence-electron chi connectivity index (χ1n) is 10.4. The largest absolute Gasteiger partial charge is 0.468 e. The van der Waals surface area contributed by atoms with Crippen LogP contribution >= 0.6 is 0 Å². The van der Waals surface area contributed by atoms with Gasteiger partial charge in [-0.25, -0.2) is 9.80 Å². The average molecular weight is 425 g/mol. The number of benzene rings is 2. The Labute approximate surface area is 181 Å². The molecule has 1 fully saturated rings. The van der Waals surface area contributed by atoms with Crippen LogP contribution in [0, 0.1) is 0 Å². The lowest BCUT2D eigenvalue weighted by molar-refractivity contribution is -0.173. The Kier molecular flexibility index (Phi) is 7.86. The summed E-state index contributed by atoms with van der Waals surface area (Å²) in [6.07, 6.45) is 0.904. The Balaban J connectivity index is 1.54. The van der Waals surface area contributed by atoms with Gasteiger partial charge in [0.25, 0.3) is 5.91 Å². The van der Waals surface area contributed by atoms with E-state index in [1.54, 1.807) is 12.1 Å². The predicted octanol–water partition coefficient (Wildman–Crippen LogP) is 3.14. The van der Waals surface area contributed by atoms with Gasteiger partial charge in [-0.15, -0.1) is 0 Å². The van der Waals surface area contributed by atoms with E-state index in [0.29, 0.717) is 12.2 Å². The normalized spacial score (nSPS) is 16.1. The number of hydrazine groups is 1. The lowest BCUT2D eigenvalue weighted by Crippen LogP contribution is -2.65. The van der Waals surface area contributed by atoms with Gasteiger partial charge in [0.15, 0.2) is 0 Å². The number of unbranched alkanes of at least 4 members (excludes halogenated alkanes) is 1. The zero-order valence-electron chi connectivity index (χ0n) is 17.5. The van der Waals surface area contributed by atoms with Gasteiger partial charge in [0.2, 0.25) is 12.1 Å². The van der Waals surface area contributed by atoms with E-state index >= 15 is 0 Å². The van der Waals surface area contributed by atoms with Crippen LogP contribution in [-0.2, 0) is 20.9 Å². The Bertz CT molecular complexity index is 875. The van der Waals surface area contributed by atoms with Crippen LogP contribution in [0.4, 0.5) is 4.79 Å². The van der Waals surface area contributed by atoms with E-state index in [-0.39, 0.29) is 18.9 Å². The third-order valence-electron chi connectivity index (χ3n) is 4.82. The Morgan fingerprint density at radius 2 is 1.77 bits per heavy atom. The number of ether oxygens (including phenoxy) is 2. The predicted molar refractivity (Wildman–Crippen MR) is 114 cm³/mol. The molecule has 0 spiro atoms. The number of β-lactam (4-membered cyclic amide) rings is 1. The van der Waals surface area contributed by atoms with Crippen molar-refractivity contribution in [3.05, 3.63) is 66.2 Å². The van der Waals surface area contributed by atoms with Gasteiger partial charge in [-0.3, -0.25) is 15.0 Å². The van der Waals surface area contributed by atoms with Crippen molar-refractivity contribution in [1.29, 1.82) is 0 Å². The van der Waals surface area contributed by atoms with Gasteiger partial charge in [0.05, 0.1) is 6.42 Å². The molecule has 8 heteroatoms. The third-order valence-corrected chi connectivity index (χ3v) is 4.82. The summed E-state index contributed by atoms with van der Waals surface area (Å²) in [5, 5.41) is 3.76. The second-order valence-corrected chi connectivity index (χ2v) is 7.23. The molecule has 2 aromatic carbocycles.